The van der Waals surface area contributed by atoms with Crippen molar-refractivity contribution in [2.75, 3.05) is 18.6 Å². The molecule has 0 spiro atoms. The standard InChI is InChI=1S/C17H20N2O2S2/c1-12-10-15(18-21-12)11-19(2)16(20)13-4-6-14(7-5-13)17-22-8-3-9-23-17/h4-7,10,17H,3,8-9,11H2,1-2H3. The molecule has 0 radical (unpaired) electrons. The summed E-state index contributed by atoms with van der Waals surface area (Å²) in [5, 5.41) is 3.93. The lowest BCUT2D eigenvalue weighted by atomic mass is 10.1. The Hall–Kier alpha value is -1.40. The number of nitrogens with zero attached hydrogens (tertiary/aromatic N) is 2. The minimum absolute atomic E-state index is 0.00107. The first-order chi connectivity index (χ1) is 11.1. The molecule has 2 aromatic rings. The maximum atomic E-state index is 12.5. The van der Waals surface area contributed by atoms with E-state index in [-0.39, 0.29) is 5.91 Å². The quantitative estimate of drug-likeness (QED) is 0.831. The molecule has 1 fully saturated rings. The Balaban J connectivity index is 1.64. The molecule has 3 rings (SSSR count). The van der Waals surface area contributed by atoms with Crippen LogP contribution in [0.1, 0.15) is 38.4 Å². The smallest absolute Gasteiger partial charge is 0.253 e. The molecule has 2 heterocycles. The van der Waals surface area contributed by atoms with Gasteiger partial charge in [-0.3, -0.25) is 4.79 Å². The van der Waals surface area contributed by atoms with Crippen LogP contribution in [0.25, 0.3) is 0 Å². The van der Waals surface area contributed by atoms with E-state index in [1.165, 1.54) is 23.5 Å². The van der Waals surface area contributed by atoms with Gasteiger partial charge in [-0.05, 0) is 42.5 Å². The molecular weight excluding hydrogens is 328 g/mol. The monoisotopic (exact) mass is 348 g/mol. The van der Waals surface area contributed by atoms with Gasteiger partial charge in [0.15, 0.2) is 0 Å². The van der Waals surface area contributed by atoms with Crippen molar-refractivity contribution >= 4 is 29.4 Å². The molecule has 0 saturated carbocycles. The second kappa shape index (κ2) is 7.45. The maximum absolute atomic E-state index is 12.5. The van der Waals surface area contributed by atoms with Crippen molar-refractivity contribution in [3.8, 4) is 0 Å². The lowest BCUT2D eigenvalue weighted by Crippen LogP contribution is -2.26. The number of aromatic nitrogens is 1. The van der Waals surface area contributed by atoms with Crippen LogP contribution in [0.4, 0.5) is 0 Å². The molecule has 1 aromatic heterocycles. The third-order valence-corrected chi connectivity index (χ3v) is 6.69. The normalized spacial score (nSPS) is 15.6. The van der Waals surface area contributed by atoms with Crippen molar-refractivity contribution < 1.29 is 9.32 Å². The Kier molecular flexibility index (Phi) is 5.33. The molecule has 0 unspecified atom stereocenters. The molecule has 1 amide bonds. The molecule has 0 aliphatic carbocycles. The van der Waals surface area contributed by atoms with E-state index in [9.17, 15) is 4.79 Å². The van der Waals surface area contributed by atoms with Gasteiger partial charge in [0.25, 0.3) is 5.91 Å². The molecule has 1 aliphatic heterocycles. The van der Waals surface area contributed by atoms with Crippen LogP contribution < -0.4 is 0 Å². The van der Waals surface area contributed by atoms with Crippen LogP contribution in [-0.2, 0) is 6.54 Å². The molecule has 23 heavy (non-hydrogen) atoms. The zero-order valence-electron chi connectivity index (χ0n) is 13.3. The van der Waals surface area contributed by atoms with Gasteiger partial charge in [0.05, 0.1) is 11.1 Å². The van der Waals surface area contributed by atoms with Crippen molar-refractivity contribution in [3.63, 3.8) is 0 Å². The molecular formula is C17H20N2O2S2. The summed E-state index contributed by atoms with van der Waals surface area (Å²) in [6.45, 7) is 2.30. The van der Waals surface area contributed by atoms with Gasteiger partial charge in [-0.25, -0.2) is 0 Å². The van der Waals surface area contributed by atoms with Crippen molar-refractivity contribution in [1.82, 2.24) is 10.1 Å². The second-order valence-corrected chi connectivity index (χ2v) is 8.36. The number of hydrogen-bond donors (Lipinski definition) is 0. The molecule has 1 aliphatic rings. The van der Waals surface area contributed by atoms with E-state index in [0.717, 1.165) is 11.5 Å². The average molecular weight is 348 g/mol. The fraction of sp³-hybridized carbons (Fsp3) is 0.412. The van der Waals surface area contributed by atoms with Crippen molar-refractivity contribution in [1.29, 1.82) is 0 Å². The highest BCUT2D eigenvalue weighted by molar-refractivity contribution is 8.16. The number of aryl methyl sites for hydroxylation is 1. The van der Waals surface area contributed by atoms with Gasteiger partial charge >= 0.3 is 0 Å². The first-order valence-electron chi connectivity index (χ1n) is 7.64. The van der Waals surface area contributed by atoms with Crippen LogP contribution >= 0.6 is 23.5 Å². The van der Waals surface area contributed by atoms with Crippen LogP contribution in [0.2, 0.25) is 0 Å². The number of carbonyl (C=O) groups excluding carboxylic acids is 1. The summed E-state index contributed by atoms with van der Waals surface area (Å²) in [5.74, 6) is 3.20. The summed E-state index contributed by atoms with van der Waals surface area (Å²) in [5.41, 5.74) is 2.78. The second-order valence-electron chi connectivity index (χ2n) is 5.64. The number of rotatable bonds is 4. The molecule has 0 atom stereocenters. The van der Waals surface area contributed by atoms with Crippen LogP contribution in [0.3, 0.4) is 0 Å². The topological polar surface area (TPSA) is 46.3 Å². The minimum atomic E-state index is 0.00107. The molecule has 0 N–H and O–H groups in total. The first-order valence-corrected chi connectivity index (χ1v) is 9.74. The summed E-state index contributed by atoms with van der Waals surface area (Å²) in [7, 11) is 1.78. The van der Waals surface area contributed by atoms with E-state index < -0.39 is 0 Å². The number of thioether (sulfide) groups is 2. The third kappa shape index (κ3) is 4.12. The summed E-state index contributed by atoms with van der Waals surface area (Å²) in [6, 6.07) is 9.87. The van der Waals surface area contributed by atoms with Crippen LogP contribution in [-0.4, -0.2) is 34.5 Å². The number of hydrogen-bond acceptors (Lipinski definition) is 5. The molecule has 0 bridgehead atoms. The van der Waals surface area contributed by atoms with Gasteiger partial charge in [-0.15, -0.1) is 23.5 Å². The largest absolute Gasteiger partial charge is 0.361 e. The fourth-order valence-electron chi connectivity index (χ4n) is 2.49. The van der Waals surface area contributed by atoms with Gasteiger partial charge in [0.1, 0.15) is 11.5 Å². The van der Waals surface area contributed by atoms with E-state index in [4.69, 9.17) is 4.52 Å². The number of amides is 1. The van der Waals surface area contributed by atoms with E-state index in [1.807, 2.05) is 48.6 Å². The van der Waals surface area contributed by atoms with Crippen LogP contribution in [0.5, 0.6) is 0 Å². The van der Waals surface area contributed by atoms with Gasteiger partial charge in [0.2, 0.25) is 0 Å². The van der Waals surface area contributed by atoms with Crippen LogP contribution in [0.15, 0.2) is 34.9 Å². The van der Waals surface area contributed by atoms with Crippen molar-refractivity contribution in [3.05, 3.63) is 52.9 Å². The molecule has 6 heteroatoms. The van der Waals surface area contributed by atoms with Gasteiger partial charge < -0.3 is 9.42 Å². The summed E-state index contributed by atoms with van der Waals surface area (Å²) in [4.78, 5) is 14.2. The Bertz CT molecular complexity index is 663. The van der Waals surface area contributed by atoms with Crippen molar-refractivity contribution in [2.45, 2.75) is 24.5 Å². The van der Waals surface area contributed by atoms with Crippen molar-refractivity contribution in [2.24, 2.45) is 0 Å². The zero-order valence-corrected chi connectivity index (χ0v) is 15.0. The molecule has 1 saturated heterocycles. The Morgan fingerprint density at radius 3 is 2.61 bits per heavy atom. The van der Waals surface area contributed by atoms with E-state index >= 15 is 0 Å². The fourth-order valence-corrected chi connectivity index (χ4v) is 5.39. The SMILES string of the molecule is Cc1cc(CN(C)C(=O)c2ccc(C3SCCCS3)cc2)no1. The Morgan fingerprint density at radius 1 is 1.30 bits per heavy atom. The third-order valence-electron chi connectivity index (χ3n) is 3.68. The Morgan fingerprint density at radius 2 is 2.00 bits per heavy atom. The summed E-state index contributed by atoms with van der Waals surface area (Å²) >= 11 is 3.98. The lowest BCUT2D eigenvalue weighted by Gasteiger charge is -2.21. The van der Waals surface area contributed by atoms with E-state index in [2.05, 4.69) is 17.3 Å². The predicted molar refractivity (Wildman–Crippen MR) is 95.8 cm³/mol. The highest BCUT2D eigenvalue weighted by Crippen LogP contribution is 2.43. The minimum Gasteiger partial charge on any atom is -0.361 e. The predicted octanol–water partition coefficient (Wildman–Crippen LogP) is 4.12. The lowest BCUT2D eigenvalue weighted by molar-refractivity contribution is 0.0782. The zero-order chi connectivity index (χ0) is 16.2. The molecule has 1 aromatic carbocycles. The average Bonchev–Trinajstić information content (AvgIpc) is 3.00. The molecule has 122 valence electrons. The van der Waals surface area contributed by atoms with E-state index in [0.29, 0.717) is 16.7 Å². The first kappa shape index (κ1) is 16.5. The van der Waals surface area contributed by atoms with Gasteiger partial charge in [0, 0.05) is 18.7 Å². The van der Waals surface area contributed by atoms with Gasteiger partial charge in [-0.1, -0.05) is 17.3 Å². The maximum Gasteiger partial charge on any atom is 0.253 e. The number of carbonyl (C=O) groups is 1. The van der Waals surface area contributed by atoms with Gasteiger partial charge in [-0.2, -0.15) is 0 Å². The number of benzene rings is 1. The van der Waals surface area contributed by atoms with Crippen LogP contribution in [0, 0.1) is 6.92 Å². The summed E-state index contributed by atoms with van der Waals surface area (Å²) < 4.78 is 5.54. The van der Waals surface area contributed by atoms with E-state index in [1.54, 1.807) is 11.9 Å². The highest BCUT2D eigenvalue weighted by atomic mass is 32.2. The molecule has 4 nitrogen and oxygen atoms in total. The summed E-state index contributed by atoms with van der Waals surface area (Å²) in [6.07, 6.45) is 1.29. The Labute approximate surface area is 145 Å². The highest BCUT2D eigenvalue weighted by Gasteiger charge is 2.18.